The molecule has 4 nitrogen and oxygen atoms in total. The van der Waals surface area contributed by atoms with Crippen molar-refractivity contribution in [1.29, 1.82) is 0 Å². The van der Waals surface area contributed by atoms with Crippen LogP contribution >= 0.6 is 0 Å². The van der Waals surface area contributed by atoms with Gasteiger partial charge in [0.2, 0.25) is 0 Å². The molecule has 1 heterocycles. The lowest BCUT2D eigenvalue weighted by molar-refractivity contribution is 0.163. The summed E-state index contributed by atoms with van der Waals surface area (Å²) in [4.78, 5) is 4.03. The average molecular weight is 155 g/mol. The largest absolute Gasteiger partial charge is 0.393 e. The molecule has 0 aliphatic carbocycles. The van der Waals surface area contributed by atoms with Crippen molar-refractivity contribution in [2.24, 2.45) is 7.05 Å². The van der Waals surface area contributed by atoms with Crippen LogP contribution < -0.4 is 0 Å². The minimum absolute atomic E-state index is 0.0440. The Labute approximate surface area is 65.9 Å². The Balaban J connectivity index is 2.84. The number of hydrogen-bond donors (Lipinski definition) is 1. The molecule has 11 heavy (non-hydrogen) atoms. The monoisotopic (exact) mass is 155 g/mol. The van der Waals surface area contributed by atoms with Gasteiger partial charge in [0, 0.05) is 13.0 Å². The lowest BCUT2D eigenvalue weighted by Gasteiger charge is -2.12. The molecule has 0 fully saturated rings. The van der Waals surface area contributed by atoms with E-state index in [4.69, 9.17) is 0 Å². The van der Waals surface area contributed by atoms with Crippen molar-refractivity contribution in [2.45, 2.75) is 25.9 Å². The average Bonchev–Trinajstić information content (AvgIpc) is 2.33. The van der Waals surface area contributed by atoms with Crippen molar-refractivity contribution in [2.75, 3.05) is 0 Å². The van der Waals surface area contributed by atoms with E-state index in [1.807, 2.05) is 14.0 Å². The first kappa shape index (κ1) is 8.20. The summed E-state index contributed by atoms with van der Waals surface area (Å²) in [6, 6.07) is 0. The maximum absolute atomic E-state index is 9.24. The molecular formula is C7H13N3O. The van der Waals surface area contributed by atoms with Gasteiger partial charge < -0.3 is 5.11 Å². The highest BCUT2D eigenvalue weighted by atomic mass is 16.3. The van der Waals surface area contributed by atoms with Gasteiger partial charge in [0.05, 0.1) is 6.10 Å². The number of hydrogen-bond acceptors (Lipinski definition) is 3. The van der Waals surface area contributed by atoms with E-state index in [9.17, 15) is 5.11 Å². The first-order valence-electron chi connectivity index (χ1n) is 3.65. The normalized spacial score (nSPS) is 16.4. The highest BCUT2D eigenvalue weighted by Crippen LogP contribution is 2.14. The fourth-order valence-corrected chi connectivity index (χ4v) is 0.933. The van der Waals surface area contributed by atoms with E-state index in [1.54, 1.807) is 11.6 Å². The zero-order chi connectivity index (χ0) is 8.43. The molecular weight excluding hydrogens is 142 g/mol. The zero-order valence-electron chi connectivity index (χ0n) is 7.02. The summed E-state index contributed by atoms with van der Waals surface area (Å²) >= 11 is 0. The van der Waals surface area contributed by atoms with Gasteiger partial charge >= 0.3 is 0 Å². The molecule has 1 aromatic rings. The number of aromatic nitrogens is 3. The van der Waals surface area contributed by atoms with Crippen LogP contribution in [0.2, 0.25) is 0 Å². The predicted octanol–water partition coefficient (Wildman–Crippen LogP) is 0.299. The van der Waals surface area contributed by atoms with Gasteiger partial charge in [0.15, 0.2) is 0 Å². The smallest absolute Gasteiger partial charge is 0.138 e. The third kappa shape index (κ3) is 1.57. The van der Waals surface area contributed by atoms with Crippen molar-refractivity contribution in [3.8, 4) is 0 Å². The van der Waals surface area contributed by atoms with Gasteiger partial charge in [-0.05, 0) is 6.92 Å². The van der Waals surface area contributed by atoms with Crippen LogP contribution in [0.15, 0.2) is 6.33 Å². The van der Waals surface area contributed by atoms with Crippen LogP contribution in [0.5, 0.6) is 0 Å². The number of rotatable bonds is 2. The summed E-state index contributed by atoms with van der Waals surface area (Å²) in [5, 5.41) is 13.2. The molecule has 0 spiro atoms. The van der Waals surface area contributed by atoms with Gasteiger partial charge in [0.1, 0.15) is 12.2 Å². The molecule has 0 amide bonds. The maximum atomic E-state index is 9.24. The van der Waals surface area contributed by atoms with Crippen LogP contribution in [0.25, 0.3) is 0 Å². The third-order valence-electron chi connectivity index (χ3n) is 1.88. The van der Waals surface area contributed by atoms with E-state index in [-0.39, 0.29) is 12.0 Å². The van der Waals surface area contributed by atoms with Gasteiger partial charge in [-0.3, -0.25) is 4.68 Å². The summed E-state index contributed by atoms with van der Waals surface area (Å²) in [5.74, 6) is 0.863. The minimum Gasteiger partial charge on any atom is -0.393 e. The molecule has 0 aliphatic rings. The van der Waals surface area contributed by atoms with Crippen molar-refractivity contribution in [3.63, 3.8) is 0 Å². The Bertz CT molecular complexity index is 231. The van der Waals surface area contributed by atoms with Crippen molar-refractivity contribution >= 4 is 0 Å². The van der Waals surface area contributed by atoms with Crippen LogP contribution in [0.4, 0.5) is 0 Å². The van der Waals surface area contributed by atoms with Gasteiger partial charge in [-0.2, -0.15) is 5.10 Å². The van der Waals surface area contributed by atoms with E-state index < -0.39 is 0 Å². The summed E-state index contributed by atoms with van der Waals surface area (Å²) in [7, 11) is 1.82. The second kappa shape index (κ2) is 3.00. The first-order chi connectivity index (χ1) is 5.13. The lowest BCUT2D eigenvalue weighted by atomic mass is 10.1. The first-order valence-corrected chi connectivity index (χ1v) is 3.65. The third-order valence-corrected chi connectivity index (χ3v) is 1.88. The van der Waals surface area contributed by atoms with Crippen molar-refractivity contribution in [1.82, 2.24) is 14.8 Å². The van der Waals surface area contributed by atoms with E-state index >= 15 is 0 Å². The molecule has 0 bridgehead atoms. The summed E-state index contributed by atoms with van der Waals surface area (Å²) in [6.45, 7) is 3.67. The van der Waals surface area contributed by atoms with Gasteiger partial charge in [0.25, 0.3) is 0 Å². The van der Waals surface area contributed by atoms with E-state index in [2.05, 4.69) is 10.1 Å². The summed E-state index contributed by atoms with van der Waals surface area (Å²) in [5.41, 5.74) is 0. The summed E-state index contributed by atoms with van der Waals surface area (Å²) in [6.07, 6.45) is 1.12. The second-order valence-electron chi connectivity index (χ2n) is 2.77. The Morgan fingerprint density at radius 1 is 1.55 bits per heavy atom. The molecule has 1 aromatic heterocycles. The molecule has 1 rings (SSSR count). The highest BCUT2D eigenvalue weighted by molar-refractivity contribution is 4.95. The molecule has 0 saturated heterocycles. The van der Waals surface area contributed by atoms with Crippen LogP contribution in [-0.4, -0.2) is 26.0 Å². The minimum atomic E-state index is -0.377. The molecule has 0 saturated carbocycles. The highest BCUT2D eigenvalue weighted by Gasteiger charge is 2.15. The Morgan fingerprint density at radius 3 is 2.55 bits per heavy atom. The topological polar surface area (TPSA) is 50.9 Å². The molecule has 1 N–H and O–H groups in total. The van der Waals surface area contributed by atoms with Gasteiger partial charge in [-0.1, -0.05) is 6.92 Å². The van der Waals surface area contributed by atoms with Crippen LogP contribution in [-0.2, 0) is 7.05 Å². The molecule has 2 atom stereocenters. The fraction of sp³-hybridized carbons (Fsp3) is 0.714. The van der Waals surface area contributed by atoms with E-state index in [1.165, 1.54) is 6.33 Å². The maximum Gasteiger partial charge on any atom is 0.138 e. The standard InChI is InChI=1S/C7H13N3O/c1-5(6(2)11)7-8-4-9-10(7)3/h4-6,11H,1-3H3. The number of aliphatic hydroxyl groups is 1. The molecule has 0 aromatic carbocycles. The van der Waals surface area contributed by atoms with Crippen LogP contribution in [0.3, 0.4) is 0 Å². The summed E-state index contributed by atoms with van der Waals surface area (Å²) < 4.78 is 1.68. The van der Waals surface area contributed by atoms with E-state index in [0.29, 0.717) is 0 Å². The Kier molecular flexibility index (Phi) is 2.24. The van der Waals surface area contributed by atoms with Gasteiger partial charge in [-0.15, -0.1) is 0 Å². The van der Waals surface area contributed by atoms with Crippen molar-refractivity contribution in [3.05, 3.63) is 12.2 Å². The predicted molar refractivity (Wildman–Crippen MR) is 41.1 cm³/mol. The van der Waals surface area contributed by atoms with E-state index in [0.717, 1.165) is 5.82 Å². The fourth-order valence-electron chi connectivity index (χ4n) is 0.933. The Hall–Kier alpha value is -0.900. The number of aliphatic hydroxyl groups excluding tert-OH is 1. The molecule has 4 heteroatoms. The molecule has 62 valence electrons. The Morgan fingerprint density at radius 2 is 2.18 bits per heavy atom. The molecule has 0 radical (unpaired) electrons. The van der Waals surface area contributed by atoms with Crippen LogP contribution in [0, 0.1) is 0 Å². The van der Waals surface area contributed by atoms with Crippen LogP contribution in [0.1, 0.15) is 25.6 Å². The second-order valence-corrected chi connectivity index (χ2v) is 2.77. The van der Waals surface area contributed by atoms with Crippen molar-refractivity contribution < 1.29 is 5.11 Å². The molecule has 2 unspecified atom stereocenters. The quantitative estimate of drug-likeness (QED) is 0.668. The van der Waals surface area contributed by atoms with Gasteiger partial charge in [-0.25, -0.2) is 4.98 Å². The SMILES string of the molecule is CC(O)C(C)c1ncnn1C. The number of nitrogens with zero attached hydrogens (tertiary/aromatic N) is 3. The lowest BCUT2D eigenvalue weighted by Crippen LogP contribution is -2.15. The molecule has 0 aliphatic heterocycles. The number of aryl methyl sites for hydroxylation is 1. The zero-order valence-corrected chi connectivity index (χ0v) is 7.02.